The summed E-state index contributed by atoms with van der Waals surface area (Å²) in [7, 11) is -3.68. The molecule has 146 valence electrons. The normalized spacial score (nSPS) is 15.8. The first-order chi connectivity index (χ1) is 13.3. The Morgan fingerprint density at radius 2 is 1.68 bits per heavy atom. The van der Waals surface area contributed by atoms with Gasteiger partial charge in [0.2, 0.25) is 0 Å². The quantitative estimate of drug-likeness (QED) is 0.713. The average Bonchev–Trinajstić information content (AvgIpc) is 2.88. The Hall–Kier alpha value is -2.57. The zero-order valence-corrected chi connectivity index (χ0v) is 17.0. The molecule has 0 aromatic heterocycles. The molecular weight excluding hydrogens is 374 g/mol. The van der Waals surface area contributed by atoms with Crippen LogP contribution in [0.4, 0.5) is 5.69 Å². The van der Waals surface area contributed by atoms with Gasteiger partial charge in [0.1, 0.15) is 18.5 Å². The number of sulfonamides is 1. The van der Waals surface area contributed by atoms with E-state index in [1.807, 2.05) is 51.1 Å². The van der Waals surface area contributed by atoms with Crippen molar-refractivity contribution in [3.05, 3.63) is 65.2 Å². The Balaban J connectivity index is 1.57. The van der Waals surface area contributed by atoms with Gasteiger partial charge < -0.3 is 9.84 Å². The fraction of sp³-hybridized carbons (Fsp3) is 0.273. The summed E-state index contributed by atoms with van der Waals surface area (Å²) < 4.78 is 33.2. The van der Waals surface area contributed by atoms with E-state index in [1.54, 1.807) is 18.2 Å². The first kappa shape index (κ1) is 18.8. The highest BCUT2D eigenvalue weighted by Crippen LogP contribution is 2.42. The van der Waals surface area contributed by atoms with Gasteiger partial charge in [0.15, 0.2) is 0 Å². The van der Waals surface area contributed by atoms with Crippen molar-refractivity contribution < 1.29 is 18.3 Å². The van der Waals surface area contributed by atoms with Crippen LogP contribution in [-0.4, -0.2) is 32.8 Å². The second-order valence-electron chi connectivity index (χ2n) is 7.29. The topological polar surface area (TPSA) is 66.8 Å². The summed E-state index contributed by atoms with van der Waals surface area (Å²) in [6.45, 7) is 5.90. The molecule has 0 bridgehead atoms. The van der Waals surface area contributed by atoms with Crippen LogP contribution < -0.4 is 9.04 Å². The molecule has 1 aliphatic rings. The molecule has 1 unspecified atom stereocenters. The van der Waals surface area contributed by atoms with E-state index in [1.165, 1.54) is 4.31 Å². The standard InChI is InChI=1S/C22H23NO4S/c1-14-10-11-15(2)22(16(14)3)27-13-18(24)12-23-19-8-4-6-17-7-5-9-20(21(17)19)28(23,25)26/h4-11,18,24H,12-13H2,1-3H3. The van der Waals surface area contributed by atoms with E-state index in [0.717, 1.165) is 27.8 Å². The van der Waals surface area contributed by atoms with Gasteiger partial charge in [-0.1, -0.05) is 36.4 Å². The van der Waals surface area contributed by atoms with Gasteiger partial charge in [-0.25, -0.2) is 8.42 Å². The zero-order valence-electron chi connectivity index (χ0n) is 16.1. The third kappa shape index (κ3) is 2.93. The molecule has 6 heteroatoms. The minimum atomic E-state index is -3.68. The van der Waals surface area contributed by atoms with E-state index >= 15 is 0 Å². The molecule has 3 aromatic rings. The lowest BCUT2D eigenvalue weighted by atomic mass is 10.1. The van der Waals surface area contributed by atoms with Crippen LogP contribution in [0.15, 0.2) is 53.4 Å². The molecule has 5 nitrogen and oxygen atoms in total. The second kappa shape index (κ2) is 6.79. The molecule has 0 saturated carbocycles. The molecule has 3 aromatic carbocycles. The molecule has 0 spiro atoms. The van der Waals surface area contributed by atoms with Gasteiger partial charge in [-0.3, -0.25) is 4.31 Å². The monoisotopic (exact) mass is 397 g/mol. The Morgan fingerprint density at radius 1 is 1.00 bits per heavy atom. The molecule has 1 heterocycles. The maximum atomic E-state index is 13.0. The lowest BCUT2D eigenvalue weighted by Crippen LogP contribution is -2.37. The third-order valence-electron chi connectivity index (χ3n) is 5.35. The van der Waals surface area contributed by atoms with E-state index in [4.69, 9.17) is 4.74 Å². The lowest BCUT2D eigenvalue weighted by Gasteiger charge is -2.23. The molecule has 0 saturated heterocycles. The molecule has 0 aliphatic carbocycles. The van der Waals surface area contributed by atoms with Crippen molar-refractivity contribution in [3.63, 3.8) is 0 Å². The maximum absolute atomic E-state index is 13.0. The summed E-state index contributed by atoms with van der Waals surface area (Å²) in [5.74, 6) is 0.744. The Bertz CT molecular complexity index is 1170. The number of aliphatic hydroxyl groups is 1. The number of rotatable bonds is 5. The van der Waals surface area contributed by atoms with E-state index in [-0.39, 0.29) is 13.2 Å². The molecule has 4 rings (SSSR count). The predicted octanol–water partition coefficient (Wildman–Crippen LogP) is 3.71. The van der Waals surface area contributed by atoms with Crippen molar-refractivity contribution >= 4 is 26.5 Å². The van der Waals surface area contributed by atoms with Crippen molar-refractivity contribution in [3.8, 4) is 5.75 Å². The number of aryl methyl sites for hydroxylation is 2. The fourth-order valence-electron chi connectivity index (χ4n) is 3.73. The number of benzene rings is 3. The first-order valence-corrected chi connectivity index (χ1v) is 10.7. The van der Waals surface area contributed by atoms with Gasteiger partial charge in [-0.15, -0.1) is 0 Å². The minimum absolute atomic E-state index is 0.0173. The van der Waals surface area contributed by atoms with Crippen molar-refractivity contribution in [2.24, 2.45) is 0 Å². The Morgan fingerprint density at radius 3 is 2.43 bits per heavy atom. The third-order valence-corrected chi connectivity index (χ3v) is 7.17. The molecule has 0 fully saturated rings. The van der Waals surface area contributed by atoms with Gasteiger partial charge in [0.25, 0.3) is 10.0 Å². The van der Waals surface area contributed by atoms with Gasteiger partial charge in [-0.05, 0) is 55.0 Å². The highest BCUT2D eigenvalue weighted by Gasteiger charge is 2.36. The fourth-order valence-corrected chi connectivity index (χ4v) is 5.47. The van der Waals surface area contributed by atoms with Gasteiger partial charge >= 0.3 is 0 Å². The molecular formula is C22H23NO4S. The zero-order chi connectivity index (χ0) is 20.1. The molecule has 1 N–H and O–H groups in total. The van der Waals surface area contributed by atoms with E-state index in [0.29, 0.717) is 16.0 Å². The van der Waals surface area contributed by atoms with E-state index in [9.17, 15) is 13.5 Å². The van der Waals surface area contributed by atoms with Crippen molar-refractivity contribution in [1.82, 2.24) is 0 Å². The maximum Gasteiger partial charge on any atom is 0.265 e. The molecule has 1 atom stereocenters. The largest absolute Gasteiger partial charge is 0.490 e. The molecule has 0 radical (unpaired) electrons. The van der Waals surface area contributed by atoms with Crippen LogP contribution in [0.25, 0.3) is 10.8 Å². The number of β-amino-alcohol motifs (C(OH)–C–C–N with tert-alkyl or cyclic N) is 1. The summed E-state index contributed by atoms with van der Waals surface area (Å²) in [4.78, 5) is 0.291. The van der Waals surface area contributed by atoms with Gasteiger partial charge in [-0.2, -0.15) is 0 Å². The smallest absolute Gasteiger partial charge is 0.265 e. The van der Waals surface area contributed by atoms with Crippen molar-refractivity contribution in [2.75, 3.05) is 17.5 Å². The molecule has 0 amide bonds. The Labute approximate surface area is 165 Å². The highest BCUT2D eigenvalue weighted by molar-refractivity contribution is 7.93. The van der Waals surface area contributed by atoms with Crippen molar-refractivity contribution in [1.29, 1.82) is 0 Å². The average molecular weight is 397 g/mol. The van der Waals surface area contributed by atoms with E-state index in [2.05, 4.69) is 0 Å². The summed E-state index contributed by atoms with van der Waals surface area (Å²) in [6.07, 6.45) is -0.960. The number of anilines is 1. The van der Waals surface area contributed by atoms with Gasteiger partial charge in [0, 0.05) is 5.39 Å². The predicted molar refractivity (Wildman–Crippen MR) is 111 cm³/mol. The summed E-state index contributed by atoms with van der Waals surface area (Å²) >= 11 is 0. The number of hydrogen-bond acceptors (Lipinski definition) is 4. The van der Waals surface area contributed by atoms with Gasteiger partial charge in [0.05, 0.1) is 17.1 Å². The first-order valence-electron chi connectivity index (χ1n) is 9.23. The Kier molecular flexibility index (Phi) is 4.56. The number of ether oxygens (including phenoxy) is 1. The van der Waals surface area contributed by atoms with Crippen LogP contribution in [0, 0.1) is 20.8 Å². The van der Waals surface area contributed by atoms with Crippen molar-refractivity contribution in [2.45, 2.75) is 31.8 Å². The number of nitrogens with zero attached hydrogens (tertiary/aromatic N) is 1. The molecule has 1 aliphatic heterocycles. The van der Waals surface area contributed by atoms with E-state index < -0.39 is 16.1 Å². The van der Waals surface area contributed by atoms with Crippen LogP contribution in [0.3, 0.4) is 0 Å². The number of hydrogen-bond donors (Lipinski definition) is 1. The SMILES string of the molecule is Cc1ccc(C)c(OCC(O)CN2c3cccc4cccc(c34)S2(=O)=O)c1C. The van der Waals surface area contributed by atoms with Crippen LogP contribution in [-0.2, 0) is 10.0 Å². The van der Waals surface area contributed by atoms with Crippen LogP contribution >= 0.6 is 0 Å². The summed E-state index contributed by atoms with van der Waals surface area (Å²) in [5, 5.41) is 12.1. The van der Waals surface area contributed by atoms with Crippen LogP contribution in [0.2, 0.25) is 0 Å². The summed E-state index contributed by atoms with van der Waals surface area (Å²) in [5.41, 5.74) is 3.73. The highest BCUT2D eigenvalue weighted by atomic mass is 32.2. The van der Waals surface area contributed by atoms with Crippen LogP contribution in [0.5, 0.6) is 5.75 Å². The summed E-state index contributed by atoms with van der Waals surface area (Å²) in [6, 6.07) is 14.8. The number of aliphatic hydroxyl groups excluding tert-OH is 1. The minimum Gasteiger partial charge on any atom is -0.490 e. The second-order valence-corrected chi connectivity index (χ2v) is 9.12. The molecule has 28 heavy (non-hydrogen) atoms. The van der Waals surface area contributed by atoms with Crippen LogP contribution in [0.1, 0.15) is 16.7 Å². The lowest BCUT2D eigenvalue weighted by molar-refractivity contribution is 0.114.